The quantitative estimate of drug-likeness (QED) is 0.712. The van der Waals surface area contributed by atoms with Gasteiger partial charge in [-0.1, -0.05) is 12.1 Å². The maximum atomic E-state index is 8.62. The van der Waals surface area contributed by atoms with Crippen LogP contribution in [0, 0.1) is 11.3 Å². The Kier molecular flexibility index (Phi) is 2.98. The number of imidazole rings is 1. The van der Waals surface area contributed by atoms with E-state index < -0.39 is 0 Å². The first-order valence-corrected chi connectivity index (χ1v) is 6.13. The molecular weight excluding hydrogens is 252 g/mol. The molecular formula is C15H12N4O. The Morgan fingerprint density at radius 1 is 1.20 bits per heavy atom. The Morgan fingerprint density at radius 3 is 2.75 bits per heavy atom. The fraction of sp³-hybridized carbons (Fsp3) is 0.0667. The van der Waals surface area contributed by atoms with Crippen molar-refractivity contribution in [3.63, 3.8) is 0 Å². The van der Waals surface area contributed by atoms with E-state index in [1.165, 1.54) is 0 Å². The molecule has 20 heavy (non-hydrogen) atoms. The zero-order valence-electron chi connectivity index (χ0n) is 10.6. The van der Waals surface area contributed by atoms with Gasteiger partial charge in [-0.3, -0.25) is 0 Å². The van der Waals surface area contributed by atoms with Crippen LogP contribution >= 0.6 is 0 Å². The van der Waals surface area contributed by atoms with Crippen LogP contribution in [0.2, 0.25) is 0 Å². The first-order valence-electron chi connectivity index (χ1n) is 6.13. The van der Waals surface area contributed by atoms with Gasteiger partial charge in [0.25, 0.3) is 6.01 Å². The number of hydrogen-bond donors (Lipinski definition) is 2. The van der Waals surface area contributed by atoms with E-state index in [1.807, 2.05) is 36.4 Å². The summed E-state index contributed by atoms with van der Waals surface area (Å²) in [5.74, 6) is 0.665. The Labute approximate surface area is 115 Å². The molecule has 2 aromatic carbocycles. The lowest BCUT2D eigenvalue weighted by atomic mass is 10.2. The standard InChI is InChI=1S/C15H12N4O/c16-8-7-10-1-4-12(5-2-10)20-15-18-13-6-3-11(17)9-14(13)19-15/h1-6,9H,7,17H2,(H,18,19). The second kappa shape index (κ2) is 4.94. The maximum absolute atomic E-state index is 8.62. The number of nitrogens with one attached hydrogen (secondary N) is 1. The van der Waals surface area contributed by atoms with Crippen LogP contribution in [-0.4, -0.2) is 9.97 Å². The molecule has 0 saturated heterocycles. The zero-order valence-corrected chi connectivity index (χ0v) is 10.6. The number of anilines is 1. The van der Waals surface area contributed by atoms with Crippen molar-refractivity contribution in [2.24, 2.45) is 0 Å². The molecule has 5 nitrogen and oxygen atoms in total. The van der Waals surface area contributed by atoms with Crippen LogP contribution < -0.4 is 10.5 Å². The third-order valence-corrected chi connectivity index (χ3v) is 2.91. The average molecular weight is 264 g/mol. The minimum absolute atomic E-state index is 0.393. The SMILES string of the molecule is N#CCc1ccc(Oc2nc3ccc(N)cc3[nH]2)cc1. The summed E-state index contributed by atoms with van der Waals surface area (Å²) in [7, 11) is 0. The number of hydrogen-bond acceptors (Lipinski definition) is 4. The summed E-state index contributed by atoms with van der Waals surface area (Å²) >= 11 is 0. The van der Waals surface area contributed by atoms with Gasteiger partial charge in [0.15, 0.2) is 0 Å². The number of ether oxygens (including phenoxy) is 1. The van der Waals surface area contributed by atoms with Crippen molar-refractivity contribution in [3.8, 4) is 17.8 Å². The number of nitrogens with zero attached hydrogens (tertiary/aromatic N) is 2. The van der Waals surface area contributed by atoms with Gasteiger partial charge >= 0.3 is 0 Å². The van der Waals surface area contributed by atoms with Crippen molar-refractivity contribution in [1.82, 2.24) is 9.97 Å². The van der Waals surface area contributed by atoms with Crippen LogP contribution in [0.25, 0.3) is 11.0 Å². The van der Waals surface area contributed by atoms with Crippen molar-refractivity contribution >= 4 is 16.7 Å². The van der Waals surface area contributed by atoms with Gasteiger partial charge in [0.1, 0.15) is 5.75 Å². The highest BCUT2D eigenvalue weighted by molar-refractivity contribution is 5.79. The van der Waals surface area contributed by atoms with E-state index >= 15 is 0 Å². The topological polar surface area (TPSA) is 87.7 Å². The van der Waals surface area contributed by atoms with Crippen LogP contribution in [0.4, 0.5) is 5.69 Å². The normalized spacial score (nSPS) is 10.3. The molecule has 0 aliphatic carbocycles. The lowest BCUT2D eigenvalue weighted by molar-refractivity contribution is 0.449. The highest BCUT2D eigenvalue weighted by atomic mass is 16.5. The average Bonchev–Trinajstić information content (AvgIpc) is 2.82. The van der Waals surface area contributed by atoms with Crippen molar-refractivity contribution in [1.29, 1.82) is 5.26 Å². The first kappa shape index (κ1) is 12.1. The van der Waals surface area contributed by atoms with Crippen molar-refractivity contribution in [2.75, 3.05) is 5.73 Å². The Morgan fingerprint density at radius 2 is 2.00 bits per heavy atom. The molecule has 0 saturated carbocycles. The number of H-pyrrole nitrogens is 1. The molecule has 5 heteroatoms. The largest absolute Gasteiger partial charge is 0.426 e. The number of rotatable bonds is 3. The Bertz CT molecular complexity index is 784. The third kappa shape index (κ3) is 2.40. The van der Waals surface area contributed by atoms with Gasteiger partial charge in [-0.05, 0) is 35.9 Å². The van der Waals surface area contributed by atoms with Gasteiger partial charge in [-0.25, -0.2) is 0 Å². The summed E-state index contributed by atoms with van der Waals surface area (Å²) in [6.45, 7) is 0. The molecule has 0 aliphatic rings. The molecule has 0 radical (unpaired) electrons. The van der Waals surface area contributed by atoms with Crippen LogP contribution in [0.5, 0.6) is 11.8 Å². The third-order valence-electron chi connectivity index (χ3n) is 2.91. The predicted molar refractivity (Wildman–Crippen MR) is 76.3 cm³/mol. The number of aromatic amines is 1. The first-order chi connectivity index (χ1) is 9.74. The van der Waals surface area contributed by atoms with Crippen molar-refractivity contribution in [3.05, 3.63) is 48.0 Å². The number of nitrogens with two attached hydrogens (primary N) is 1. The number of fused-ring (bicyclic) bond motifs is 1. The zero-order chi connectivity index (χ0) is 13.9. The Balaban J connectivity index is 1.83. The van der Waals surface area contributed by atoms with Crippen LogP contribution in [0.1, 0.15) is 5.56 Å². The molecule has 98 valence electrons. The smallest absolute Gasteiger partial charge is 0.300 e. The van der Waals surface area contributed by atoms with E-state index in [0.29, 0.717) is 23.9 Å². The van der Waals surface area contributed by atoms with E-state index in [4.69, 9.17) is 15.7 Å². The predicted octanol–water partition coefficient (Wildman–Crippen LogP) is 3.00. The van der Waals surface area contributed by atoms with E-state index in [0.717, 1.165) is 16.6 Å². The molecule has 0 spiro atoms. The molecule has 3 aromatic rings. The lowest BCUT2D eigenvalue weighted by Crippen LogP contribution is -1.87. The molecule has 0 aliphatic heterocycles. The number of benzene rings is 2. The molecule has 0 amide bonds. The summed E-state index contributed by atoms with van der Waals surface area (Å²) in [4.78, 5) is 7.38. The molecule has 1 heterocycles. The number of nitriles is 1. The van der Waals surface area contributed by atoms with Gasteiger partial charge in [-0.2, -0.15) is 10.2 Å². The monoisotopic (exact) mass is 264 g/mol. The molecule has 0 fully saturated rings. The van der Waals surface area contributed by atoms with Gasteiger partial charge in [0, 0.05) is 5.69 Å². The van der Waals surface area contributed by atoms with Crippen LogP contribution in [0.15, 0.2) is 42.5 Å². The Hall–Kier alpha value is -3.00. The maximum Gasteiger partial charge on any atom is 0.300 e. The second-order valence-corrected chi connectivity index (χ2v) is 4.40. The molecule has 0 atom stereocenters. The summed E-state index contributed by atoms with van der Waals surface area (Å²) in [6.07, 6.45) is 0.393. The molecule has 0 unspecified atom stereocenters. The van der Waals surface area contributed by atoms with E-state index in [9.17, 15) is 0 Å². The summed E-state index contributed by atoms with van der Waals surface area (Å²) < 4.78 is 5.65. The van der Waals surface area contributed by atoms with Gasteiger partial charge in [0.05, 0.1) is 23.5 Å². The summed E-state index contributed by atoms with van der Waals surface area (Å²) in [6, 6.07) is 15.3. The summed E-state index contributed by atoms with van der Waals surface area (Å²) in [5, 5.41) is 8.62. The van der Waals surface area contributed by atoms with Crippen LogP contribution in [0.3, 0.4) is 0 Å². The van der Waals surface area contributed by atoms with E-state index in [2.05, 4.69) is 16.0 Å². The highest BCUT2D eigenvalue weighted by Crippen LogP contribution is 2.23. The minimum Gasteiger partial charge on any atom is -0.426 e. The fourth-order valence-corrected chi connectivity index (χ4v) is 1.93. The van der Waals surface area contributed by atoms with Crippen molar-refractivity contribution < 1.29 is 4.74 Å². The number of aromatic nitrogens is 2. The fourth-order valence-electron chi connectivity index (χ4n) is 1.93. The van der Waals surface area contributed by atoms with Crippen LogP contribution in [-0.2, 0) is 6.42 Å². The molecule has 1 aromatic heterocycles. The van der Waals surface area contributed by atoms with Crippen molar-refractivity contribution in [2.45, 2.75) is 6.42 Å². The second-order valence-electron chi connectivity index (χ2n) is 4.40. The van der Waals surface area contributed by atoms with Gasteiger partial charge < -0.3 is 15.5 Å². The molecule has 0 bridgehead atoms. The van der Waals surface area contributed by atoms with Gasteiger partial charge in [-0.15, -0.1) is 0 Å². The number of nitrogen functional groups attached to an aromatic ring is 1. The van der Waals surface area contributed by atoms with E-state index in [1.54, 1.807) is 6.07 Å². The molecule has 3 rings (SSSR count). The minimum atomic E-state index is 0.393. The molecule has 3 N–H and O–H groups in total. The summed E-state index contributed by atoms with van der Waals surface area (Å²) in [5.41, 5.74) is 8.98. The lowest BCUT2D eigenvalue weighted by Gasteiger charge is -2.01. The highest BCUT2D eigenvalue weighted by Gasteiger charge is 2.05. The van der Waals surface area contributed by atoms with E-state index in [-0.39, 0.29) is 0 Å². The van der Waals surface area contributed by atoms with Gasteiger partial charge in [0.2, 0.25) is 0 Å².